The molecule has 0 aliphatic heterocycles. The van der Waals surface area contributed by atoms with Gasteiger partial charge in [0, 0.05) is 5.69 Å². The lowest BCUT2D eigenvalue weighted by Crippen LogP contribution is -1.98. The van der Waals surface area contributed by atoms with E-state index in [0.29, 0.717) is 6.61 Å². The van der Waals surface area contributed by atoms with E-state index in [4.69, 9.17) is 4.74 Å². The summed E-state index contributed by atoms with van der Waals surface area (Å²) < 4.78 is 6.66. The number of ether oxygens (including phenoxy) is 1. The molecular formula is C16H16N2OS. The van der Waals surface area contributed by atoms with Gasteiger partial charge in [0.1, 0.15) is 10.8 Å². The molecule has 20 heavy (non-hydrogen) atoms. The molecule has 3 rings (SSSR count). The van der Waals surface area contributed by atoms with Crippen LogP contribution in [0.2, 0.25) is 0 Å². The highest BCUT2D eigenvalue weighted by Gasteiger charge is 2.02. The fourth-order valence-electron chi connectivity index (χ4n) is 2.01. The van der Waals surface area contributed by atoms with Crippen molar-refractivity contribution >= 4 is 27.2 Å². The van der Waals surface area contributed by atoms with Gasteiger partial charge in [-0.1, -0.05) is 12.1 Å². The summed E-state index contributed by atoms with van der Waals surface area (Å²) in [5, 5.41) is 4.48. The number of hydrogen-bond donors (Lipinski definition) is 1. The third-order valence-electron chi connectivity index (χ3n) is 2.95. The molecular weight excluding hydrogens is 268 g/mol. The first-order valence-corrected chi connectivity index (χ1v) is 7.48. The van der Waals surface area contributed by atoms with E-state index in [1.807, 2.05) is 49.4 Å². The third-order valence-corrected chi connectivity index (χ3v) is 3.98. The van der Waals surface area contributed by atoms with Gasteiger partial charge in [-0.2, -0.15) is 0 Å². The average molecular weight is 284 g/mol. The second-order valence-electron chi connectivity index (χ2n) is 4.39. The largest absolute Gasteiger partial charge is 0.494 e. The molecule has 0 saturated carbocycles. The Morgan fingerprint density at radius 2 is 1.90 bits per heavy atom. The molecule has 102 valence electrons. The number of thiazole rings is 1. The fraction of sp³-hybridized carbons (Fsp3) is 0.188. The third kappa shape index (κ3) is 2.91. The molecule has 0 atom stereocenters. The molecule has 1 heterocycles. The van der Waals surface area contributed by atoms with Crippen LogP contribution in [-0.4, -0.2) is 11.6 Å². The minimum atomic E-state index is 0.693. The van der Waals surface area contributed by atoms with Crippen LogP contribution in [-0.2, 0) is 6.54 Å². The van der Waals surface area contributed by atoms with Gasteiger partial charge in [-0.3, -0.25) is 0 Å². The van der Waals surface area contributed by atoms with Crippen molar-refractivity contribution in [3.05, 3.63) is 53.5 Å². The minimum absolute atomic E-state index is 0.693. The number of fused-ring (bicyclic) bond motifs is 1. The number of hydrogen-bond acceptors (Lipinski definition) is 4. The number of rotatable bonds is 5. The second-order valence-corrected chi connectivity index (χ2v) is 5.50. The monoisotopic (exact) mass is 284 g/mol. The van der Waals surface area contributed by atoms with Crippen molar-refractivity contribution in [3.8, 4) is 5.75 Å². The van der Waals surface area contributed by atoms with Crippen LogP contribution < -0.4 is 10.1 Å². The molecule has 0 unspecified atom stereocenters. The molecule has 0 spiro atoms. The van der Waals surface area contributed by atoms with Crippen LogP contribution in [0.15, 0.2) is 48.5 Å². The van der Waals surface area contributed by atoms with Crippen LogP contribution in [0.1, 0.15) is 11.9 Å². The number of nitrogens with zero attached hydrogens (tertiary/aromatic N) is 1. The van der Waals surface area contributed by atoms with Gasteiger partial charge in [0.25, 0.3) is 0 Å². The number of benzene rings is 2. The zero-order valence-corrected chi connectivity index (χ0v) is 12.1. The lowest BCUT2D eigenvalue weighted by molar-refractivity contribution is 0.340. The normalized spacial score (nSPS) is 10.7. The molecule has 2 aromatic carbocycles. The number of aromatic nitrogens is 1. The fourth-order valence-corrected chi connectivity index (χ4v) is 2.92. The van der Waals surface area contributed by atoms with Gasteiger partial charge in [0.2, 0.25) is 0 Å². The molecule has 4 heteroatoms. The van der Waals surface area contributed by atoms with Crippen molar-refractivity contribution in [1.82, 2.24) is 4.98 Å². The molecule has 1 N–H and O–H groups in total. The lowest BCUT2D eigenvalue weighted by Gasteiger charge is -2.06. The van der Waals surface area contributed by atoms with Crippen molar-refractivity contribution in [2.45, 2.75) is 13.5 Å². The maximum atomic E-state index is 5.43. The van der Waals surface area contributed by atoms with Gasteiger partial charge in [-0.15, -0.1) is 11.3 Å². The number of para-hydroxylation sites is 1. The van der Waals surface area contributed by atoms with E-state index in [2.05, 4.69) is 16.4 Å². The molecule has 0 aliphatic carbocycles. The maximum Gasteiger partial charge on any atom is 0.119 e. The van der Waals surface area contributed by atoms with E-state index >= 15 is 0 Å². The molecule has 0 saturated heterocycles. The Morgan fingerprint density at radius 1 is 1.10 bits per heavy atom. The Kier molecular flexibility index (Phi) is 3.83. The molecule has 3 nitrogen and oxygen atoms in total. The first kappa shape index (κ1) is 12.9. The summed E-state index contributed by atoms with van der Waals surface area (Å²) in [7, 11) is 0. The van der Waals surface area contributed by atoms with Crippen LogP contribution in [0.4, 0.5) is 5.69 Å². The summed E-state index contributed by atoms with van der Waals surface area (Å²) in [6.45, 7) is 3.42. The Hall–Kier alpha value is -2.07. The SMILES string of the molecule is CCOc1ccc(NCc2nc3ccccc3s2)cc1. The van der Waals surface area contributed by atoms with E-state index in [-0.39, 0.29) is 0 Å². The van der Waals surface area contributed by atoms with Gasteiger partial charge in [0.15, 0.2) is 0 Å². The van der Waals surface area contributed by atoms with E-state index in [9.17, 15) is 0 Å². The van der Waals surface area contributed by atoms with Gasteiger partial charge < -0.3 is 10.1 Å². The Labute approximate surface area is 122 Å². The minimum Gasteiger partial charge on any atom is -0.494 e. The average Bonchev–Trinajstić information content (AvgIpc) is 2.90. The van der Waals surface area contributed by atoms with Crippen molar-refractivity contribution in [3.63, 3.8) is 0 Å². The van der Waals surface area contributed by atoms with Crippen molar-refractivity contribution in [2.75, 3.05) is 11.9 Å². The highest BCUT2D eigenvalue weighted by Crippen LogP contribution is 2.22. The predicted molar refractivity (Wildman–Crippen MR) is 84.6 cm³/mol. The molecule has 0 amide bonds. The number of nitrogens with one attached hydrogen (secondary N) is 1. The summed E-state index contributed by atoms with van der Waals surface area (Å²) in [5.74, 6) is 0.901. The Morgan fingerprint density at radius 3 is 2.65 bits per heavy atom. The highest BCUT2D eigenvalue weighted by atomic mass is 32.1. The predicted octanol–water partition coefficient (Wildman–Crippen LogP) is 4.31. The molecule has 0 aliphatic rings. The lowest BCUT2D eigenvalue weighted by atomic mass is 10.3. The first-order chi connectivity index (χ1) is 9.85. The van der Waals surface area contributed by atoms with Gasteiger partial charge in [0.05, 0.1) is 23.4 Å². The van der Waals surface area contributed by atoms with Crippen molar-refractivity contribution in [1.29, 1.82) is 0 Å². The quantitative estimate of drug-likeness (QED) is 0.758. The van der Waals surface area contributed by atoms with Crippen LogP contribution in [0, 0.1) is 0 Å². The summed E-state index contributed by atoms with van der Waals surface area (Å²) in [5.41, 5.74) is 2.15. The van der Waals surface area contributed by atoms with Crippen LogP contribution in [0.3, 0.4) is 0 Å². The molecule has 3 aromatic rings. The molecule has 0 radical (unpaired) electrons. The second kappa shape index (κ2) is 5.92. The molecule has 1 aromatic heterocycles. The van der Waals surface area contributed by atoms with Gasteiger partial charge >= 0.3 is 0 Å². The van der Waals surface area contributed by atoms with Gasteiger partial charge in [-0.25, -0.2) is 4.98 Å². The van der Waals surface area contributed by atoms with Crippen LogP contribution in [0.5, 0.6) is 5.75 Å². The van der Waals surface area contributed by atoms with Crippen molar-refractivity contribution < 1.29 is 4.74 Å². The highest BCUT2D eigenvalue weighted by molar-refractivity contribution is 7.18. The van der Waals surface area contributed by atoms with Crippen LogP contribution in [0.25, 0.3) is 10.2 Å². The van der Waals surface area contributed by atoms with E-state index in [1.165, 1.54) is 4.70 Å². The number of anilines is 1. The zero-order valence-electron chi connectivity index (χ0n) is 11.3. The van der Waals surface area contributed by atoms with Crippen molar-refractivity contribution in [2.24, 2.45) is 0 Å². The van der Waals surface area contributed by atoms with E-state index in [1.54, 1.807) is 11.3 Å². The first-order valence-electron chi connectivity index (χ1n) is 6.66. The maximum absolute atomic E-state index is 5.43. The smallest absolute Gasteiger partial charge is 0.119 e. The Bertz CT molecular complexity index is 658. The summed E-state index contributed by atoms with van der Waals surface area (Å²) in [6, 6.07) is 16.2. The standard InChI is InChI=1S/C16H16N2OS/c1-2-19-13-9-7-12(8-10-13)17-11-16-18-14-5-3-4-6-15(14)20-16/h3-10,17H,2,11H2,1H3. The molecule has 0 bridgehead atoms. The summed E-state index contributed by atoms with van der Waals surface area (Å²) in [4.78, 5) is 4.61. The van der Waals surface area contributed by atoms with Gasteiger partial charge in [-0.05, 0) is 43.3 Å². The Balaban J connectivity index is 1.66. The topological polar surface area (TPSA) is 34.1 Å². The van der Waals surface area contributed by atoms with Crippen LogP contribution >= 0.6 is 11.3 Å². The zero-order chi connectivity index (χ0) is 13.8. The summed E-state index contributed by atoms with van der Waals surface area (Å²) in [6.07, 6.45) is 0. The summed E-state index contributed by atoms with van der Waals surface area (Å²) >= 11 is 1.73. The van der Waals surface area contributed by atoms with E-state index < -0.39 is 0 Å². The van der Waals surface area contributed by atoms with E-state index in [0.717, 1.165) is 28.5 Å². The molecule has 0 fully saturated rings.